The summed E-state index contributed by atoms with van der Waals surface area (Å²) in [5.74, 6) is 0. The maximum atomic E-state index is 2.35. The van der Waals surface area contributed by atoms with E-state index in [1.54, 1.807) is 0 Å². The summed E-state index contributed by atoms with van der Waals surface area (Å²) in [5.41, 5.74) is 13.0. The normalized spacial score (nSPS) is 11.3. The van der Waals surface area contributed by atoms with Crippen LogP contribution in [0, 0.1) is 0 Å². The summed E-state index contributed by atoms with van der Waals surface area (Å²) in [6, 6.07) is 81.4. The summed E-state index contributed by atoms with van der Waals surface area (Å²) in [4.78, 5) is 2.35. The predicted molar refractivity (Wildman–Crippen MR) is 235 cm³/mol. The van der Waals surface area contributed by atoms with Crippen molar-refractivity contribution in [3.05, 3.63) is 224 Å². The molecule has 0 saturated carbocycles. The van der Waals surface area contributed by atoms with Gasteiger partial charge in [-0.3, -0.25) is 0 Å². The average Bonchev–Trinajstić information content (AvgIpc) is 3.27. The standard InChI is InChI=1S/C54H37N/c1-2-11-38(12-3-1)40-23-29-48(30-24-40)55(50-33-27-42(28-34-50)45-22-21-39-13-4-5-14-43(39)35-45)49-31-25-41(26-32-49)44-16-10-17-46(36-44)54-37-47-15-6-7-18-51(47)52-19-8-9-20-53(52)54/h1-37H. The molecule has 0 aliphatic heterocycles. The van der Waals surface area contributed by atoms with Gasteiger partial charge in [0.2, 0.25) is 0 Å². The Kier molecular flexibility index (Phi) is 8.24. The first-order valence-corrected chi connectivity index (χ1v) is 18.9. The van der Waals surface area contributed by atoms with E-state index in [2.05, 4.69) is 229 Å². The van der Waals surface area contributed by atoms with Crippen molar-refractivity contribution in [3.8, 4) is 44.5 Å². The molecule has 0 aromatic heterocycles. The quantitative estimate of drug-likeness (QED) is 0.150. The summed E-state index contributed by atoms with van der Waals surface area (Å²) in [6.07, 6.45) is 0. The molecule has 1 heteroatoms. The molecule has 0 aliphatic rings. The van der Waals surface area contributed by atoms with Crippen molar-refractivity contribution in [2.45, 2.75) is 0 Å². The smallest absolute Gasteiger partial charge is 0.0462 e. The zero-order chi connectivity index (χ0) is 36.6. The second-order valence-electron chi connectivity index (χ2n) is 14.2. The maximum absolute atomic E-state index is 2.35. The highest BCUT2D eigenvalue weighted by Gasteiger charge is 2.15. The summed E-state index contributed by atoms with van der Waals surface area (Å²) in [5, 5.41) is 7.61. The molecular formula is C54H37N. The Morgan fingerprint density at radius 3 is 1.31 bits per heavy atom. The fourth-order valence-electron chi connectivity index (χ4n) is 8.01. The molecule has 1 nitrogen and oxygen atoms in total. The zero-order valence-electron chi connectivity index (χ0n) is 30.3. The lowest BCUT2D eigenvalue weighted by molar-refractivity contribution is 1.28. The van der Waals surface area contributed by atoms with Gasteiger partial charge in [0.05, 0.1) is 0 Å². The summed E-state index contributed by atoms with van der Waals surface area (Å²) >= 11 is 0. The molecule has 10 aromatic carbocycles. The molecule has 0 unspecified atom stereocenters. The Hall–Kier alpha value is -7.22. The Morgan fingerprint density at radius 1 is 0.218 bits per heavy atom. The molecule has 0 heterocycles. The van der Waals surface area contributed by atoms with Crippen molar-refractivity contribution < 1.29 is 0 Å². The van der Waals surface area contributed by atoms with E-state index in [0.717, 1.165) is 17.1 Å². The SMILES string of the molecule is c1ccc(-c2ccc(N(c3ccc(-c4cccc(-c5cc6ccccc6c6ccccc56)c4)cc3)c3ccc(-c4ccc5ccccc5c4)cc3)cc2)cc1. The molecule has 0 amide bonds. The van der Waals surface area contributed by atoms with Crippen molar-refractivity contribution in [3.63, 3.8) is 0 Å². The minimum Gasteiger partial charge on any atom is -0.311 e. The van der Waals surface area contributed by atoms with Gasteiger partial charge in [0.1, 0.15) is 0 Å². The van der Waals surface area contributed by atoms with Crippen molar-refractivity contribution >= 4 is 49.4 Å². The highest BCUT2D eigenvalue weighted by molar-refractivity contribution is 6.13. The van der Waals surface area contributed by atoms with Gasteiger partial charge in [0.15, 0.2) is 0 Å². The van der Waals surface area contributed by atoms with Crippen LogP contribution >= 0.6 is 0 Å². The molecule has 55 heavy (non-hydrogen) atoms. The van der Waals surface area contributed by atoms with Crippen LogP contribution in [0.5, 0.6) is 0 Å². The summed E-state index contributed by atoms with van der Waals surface area (Å²) < 4.78 is 0. The Bertz CT molecular complexity index is 2940. The van der Waals surface area contributed by atoms with Crippen molar-refractivity contribution in [2.24, 2.45) is 0 Å². The lowest BCUT2D eigenvalue weighted by atomic mass is 9.92. The van der Waals surface area contributed by atoms with Gasteiger partial charge in [-0.25, -0.2) is 0 Å². The highest BCUT2D eigenvalue weighted by atomic mass is 15.1. The van der Waals surface area contributed by atoms with Gasteiger partial charge >= 0.3 is 0 Å². The van der Waals surface area contributed by atoms with E-state index in [0.29, 0.717) is 0 Å². The molecule has 0 N–H and O–H groups in total. The molecule has 0 radical (unpaired) electrons. The van der Waals surface area contributed by atoms with E-state index in [1.165, 1.54) is 76.8 Å². The van der Waals surface area contributed by atoms with Crippen LogP contribution in [0.15, 0.2) is 224 Å². The number of fused-ring (bicyclic) bond motifs is 4. The predicted octanol–water partition coefficient (Wildman–Crippen LogP) is 15.3. The third-order valence-corrected chi connectivity index (χ3v) is 10.8. The highest BCUT2D eigenvalue weighted by Crippen LogP contribution is 2.40. The molecule has 0 aliphatic carbocycles. The van der Waals surface area contributed by atoms with Crippen LogP contribution in [0.3, 0.4) is 0 Å². The van der Waals surface area contributed by atoms with E-state index in [1.807, 2.05) is 0 Å². The third-order valence-electron chi connectivity index (χ3n) is 10.8. The van der Waals surface area contributed by atoms with Crippen LogP contribution in [0.2, 0.25) is 0 Å². The Labute approximate surface area is 322 Å². The van der Waals surface area contributed by atoms with Gasteiger partial charge in [-0.05, 0) is 131 Å². The van der Waals surface area contributed by atoms with Gasteiger partial charge in [-0.1, -0.05) is 170 Å². The molecule has 0 atom stereocenters. The molecule has 0 saturated heterocycles. The van der Waals surface area contributed by atoms with Crippen LogP contribution in [0.25, 0.3) is 76.8 Å². The van der Waals surface area contributed by atoms with E-state index in [4.69, 9.17) is 0 Å². The second kappa shape index (κ2) is 14.0. The number of anilines is 3. The van der Waals surface area contributed by atoms with Crippen LogP contribution < -0.4 is 4.90 Å². The Morgan fingerprint density at radius 2 is 0.655 bits per heavy atom. The van der Waals surface area contributed by atoms with E-state index < -0.39 is 0 Å². The number of hydrogen-bond acceptors (Lipinski definition) is 1. The van der Waals surface area contributed by atoms with Crippen LogP contribution in [0.4, 0.5) is 17.1 Å². The molecular weight excluding hydrogens is 663 g/mol. The van der Waals surface area contributed by atoms with Gasteiger partial charge in [-0.2, -0.15) is 0 Å². The van der Waals surface area contributed by atoms with Gasteiger partial charge < -0.3 is 4.90 Å². The van der Waals surface area contributed by atoms with E-state index in [9.17, 15) is 0 Å². The van der Waals surface area contributed by atoms with Crippen LogP contribution in [-0.4, -0.2) is 0 Å². The molecule has 0 fully saturated rings. The largest absolute Gasteiger partial charge is 0.311 e. The first-order chi connectivity index (χ1) is 27.2. The minimum absolute atomic E-state index is 1.10. The molecule has 258 valence electrons. The van der Waals surface area contributed by atoms with Crippen molar-refractivity contribution in [1.82, 2.24) is 0 Å². The maximum Gasteiger partial charge on any atom is 0.0462 e. The van der Waals surface area contributed by atoms with E-state index >= 15 is 0 Å². The minimum atomic E-state index is 1.10. The fraction of sp³-hybridized carbons (Fsp3) is 0. The molecule has 10 rings (SSSR count). The first kappa shape index (κ1) is 32.4. The number of benzene rings is 10. The molecule has 10 aromatic rings. The topological polar surface area (TPSA) is 3.24 Å². The van der Waals surface area contributed by atoms with Crippen molar-refractivity contribution in [1.29, 1.82) is 0 Å². The lowest BCUT2D eigenvalue weighted by Crippen LogP contribution is -2.09. The zero-order valence-corrected chi connectivity index (χ0v) is 30.3. The van der Waals surface area contributed by atoms with Crippen LogP contribution in [-0.2, 0) is 0 Å². The van der Waals surface area contributed by atoms with Gasteiger partial charge in [0, 0.05) is 17.1 Å². The number of rotatable bonds is 7. The monoisotopic (exact) mass is 699 g/mol. The number of hydrogen-bond donors (Lipinski definition) is 0. The van der Waals surface area contributed by atoms with E-state index in [-0.39, 0.29) is 0 Å². The Balaban J connectivity index is 1.01. The van der Waals surface area contributed by atoms with Gasteiger partial charge in [-0.15, -0.1) is 0 Å². The van der Waals surface area contributed by atoms with Crippen molar-refractivity contribution in [2.75, 3.05) is 4.90 Å². The first-order valence-electron chi connectivity index (χ1n) is 18.9. The third kappa shape index (κ3) is 6.22. The fourth-order valence-corrected chi connectivity index (χ4v) is 8.01. The number of nitrogens with zero attached hydrogens (tertiary/aromatic N) is 1. The van der Waals surface area contributed by atoms with Gasteiger partial charge in [0.25, 0.3) is 0 Å². The summed E-state index contributed by atoms with van der Waals surface area (Å²) in [6.45, 7) is 0. The second-order valence-corrected chi connectivity index (χ2v) is 14.2. The molecule has 0 spiro atoms. The van der Waals surface area contributed by atoms with Crippen LogP contribution in [0.1, 0.15) is 0 Å². The molecule has 0 bridgehead atoms. The lowest BCUT2D eigenvalue weighted by Gasteiger charge is -2.26. The average molecular weight is 700 g/mol. The summed E-state index contributed by atoms with van der Waals surface area (Å²) in [7, 11) is 0.